The van der Waals surface area contributed by atoms with E-state index in [1.165, 1.54) is 11.1 Å². The van der Waals surface area contributed by atoms with Gasteiger partial charge >= 0.3 is 0 Å². The molecule has 0 saturated carbocycles. The molecule has 0 unspecified atom stereocenters. The molecule has 17 heavy (non-hydrogen) atoms. The van der Waals surface area contributed by atoms with Crippen molar-refractivity contribution in [3.8, 4) is 0 Å². The SMILES string of the molecule is Cc1ccc(C2=NCc3ccccc3N2)cc1. The summed E-state index contributed by atoms with van der Waals surface area (Å²) in [5.74, 6) is 0.962. The van der Waals surface area contributed by atoms with Gasteiger partial charge in [-0.2, -0.15) is 0 Å². The Morgan fingerprint density at radius 3 is 2.59 bits per heavy atom. The molecule has 2 heteroatoms. The van der Waals surface area contributed by atoms with Crippen molar-refractivity contribution in [2.45, 2.75) is 13.5 Å². The van der Waals surface area contributed by atoms with Crippen molar-refractivity contribution in [2.24, 2.45) is 4.99 Å². The predicted octanol–water partition coefficient (Wildman–Crippen LogP) is 3.37. The summed E-state index contributed by atoms with van der Waals surface area (Å²) in [7, 11) is 0. The molecule has 0 fully saturated rings. The average molecular weight is 222 g/mol. The number of para-hydroxylation sites is 1. The van der Waals surface area contributed by atoms with Crippen LogP contribution in [0, 0.1) is 6.92 Å². The van der Waals surface area contributed by atoms with Crippen LogP contribution in [0.5, 0.6) is 0 Å². The van der Waals surface area contributed by atoms with E-state index in [-0.39, 0.29) is 0 Å². The van der Waals surface area contributed by atoms with Gasteiger partial charge in [0.2, 0.25) is 0 Å². The maximum Gasteiger partial charge on any atom is 0.133 e. The number of nitrogens with zero attached hydrogens (tertiary/aromatic N) is 1. The quantitative estimate of drug-likeness (QED) is 0.786. The molecule has 0 atom stereocenters. The molecule has 0 saturated heterocycles. The van der Waals surface area contributed by atoms with Crippen molar-refractivity contribution in [1.82, 2.24) is 0 Å². The van der Waals surface area contributed by atoms with E-state index >= 15 is 0 Å². The van der Waals surface area contributed by atoms with E-state index in [1.54, 1.807) is 0 Å². The Morgan fingerprint density at radius 2 is 1.76 bits per heavy atom. The van der Waals surface area contributed by atoms with E-state index < -0.39 is 0 Å². The molecule has 0 aromatic heterocycles. The predicted molar refractivity (Wildman–Crippen MR) is 71.5 cm³/mol. The van der Waals surface area contributed by atoms with Crippen molar-refractivity contribution in [1.29, 1.82) is 0 Å². The summed E-state index contributed by atoms with van der Waals surface area (Å²) < 4.78 is 0. The fraction of sp³-hybridized carbons (Fsp3) is 0.133. The van der Waals surface area contributed by atoms with Gasteiger partial charge in [-0.1, -0.05) is 48.0 Å². The van der Waals surface area contributed by atoms with Crippen molar-refractivity contribution in [2.75, 3.05) is 5.32 Å². The highest BCUT2D eigenvalue weighted by Gasteiger charge is 2.11. The van der Waals surface area contributed by atoms with E-state index in [9.17, 15) is 0 Å². The third kappa shape index (κ3) is 1.94. The van der Waals surface area contributed by atoms with Crippen molar-refractivity contribution in [3.63, 3.8) is 0 Å². The molecule has 0 spiro atoms. The van der Waals surface area contributed by atoms with Gasteiger partial charge < -0.3 is 5.32 Å². The lowest BCUT2D eigenvalue weighted by molar-refractivity contribution is 1.05. The van der Waals surface area contributed by atoms with Crippen molar-refractivity contribution >= 4 is 11.5 Å². The van der Waals surface area contributed by atoms with E-state index in [0.29, 0.717) is 0 Å². The van der Waals surface area contributed by atoms with E-state index in [0.717, 1.165) is 23.6 Å². The monoisotopic (exact) mass is 222 g/mol. The molecule has 0 radical (unpaired) electrons. The molecule has 0 aliphatic carbocycles. The van der Waals surface area contributed by atoms with E-state index in [1.807, 2.05) is 12.1 Å². The number of rotatable bonds is 1. The highest BCUT2D eigenvalue weighted by atomic mass is 15.0. The third-order valence-electron chi connectivity index (χ3n) is 3.00. The highest BCUT2D eigenvalue weighted by Crippen LogP contribution is 2.21. The Bertz CT molecular complexity index is 568. The standard InChI is InChI=1S/C15H14N2/c1-11-6-8-12(9-7-11)15-16-10-13-4-2-3-5-14(13)17-15/h2-9H,10H2,1H3,(H,16,17). The first-order valence-corrected chi connectivity index (χ1v) is 5.79. The summed E-state index contributed by atoms with van der Waals surface area (Å²) in [6.07, 6.45) is 0. The first-order chi connectivity index (χ1) is 8.33. The molecule has 1 aliphatic heterocycles. The van der Waals surface area contributed by atoms with Crippen LogP contribution in [0.25, 0.3) is 0 Å². The van der Waals surface area contributed by atoms with Gasteiger partial charge in [0, 0.05) is 11.3 Å². The molecule has 0 bridgehead atoms. The number of fused-ring (bicyclic) bond motifs is 1. The van der Waals surface area contributed by atoms with Gasteiger partial charge in [0.25, 0.3) is 0 Å². The largest absolute Gasteiger partial charge is 0.340 e. The van der Waals surface area contributed by atoms with E-state index in [4.69, 9.17) is 0 Å². The second kappa shape index (κ2) is 4.06. The van der Waals surface area contributed by atoms with Gasteiger partial charge in [-0.3, -0.25) is 4.99 Å². The van der Waals surface area contributed by atoms with Gasteiger partial charge in [-0.05, 0) is 18.6 Å². The lowest BCUT2D eigenvalue weighted by Crippen LogP contribution is -2.18. The van der Waals surface area contributed by atoms with Crippen LogP contribution in [0.2, 0.25) is 0 Å². The Hall–Kier alpha value is -2.09. The highest BCUT2D eigenvalue weighted by molar-refractivity contribution is 6.09. The maximum absolute atomic E-state index is 4.58. The first-order valence-electron chi connectivity index (χ1n) is 5.79. The zero-order chi connectivity index (χ0) is 11.7. The summed E-state index contributed by atoms with van der Waals surface area (Å²) in [5, 5.41) is 3.38. The zero-order valence-corrected chi connectivity index (χ0v) is 9.77. The van der Waals surface area contributed by atoms with Crippen molar-refractivity contribution < 1.29 is 0 Å². The summed E-state index contributed by atoms with van der Waals surface area (Å²) in [6.45, 7) is 2.85. The van der Waals surface area contributed by atoms with Crippen LogP contribution >= 0.6 is 0 Å². The van der Waals surface area contributed by atoms with Crippen LogP contribution in [0.4, 0.5) is 5.69 Å². The normalized spacial score (nSPS) is 13.6. The number of aryl methyl sites for hydroxylation is 1. The minimum absolute atomic E-state index is 0.756. The number of anilines is 1. The zero-order valence-electron chi connectivity index (χ0n) is 9.77. The smallest absolute Gasteiger partial charge is 0.133 e. The molecule has 1 heterocycles. The Labute approximate surface area is 101 Å². The summed E-state index contributed by atoms with van der Waals surface area (Å²) >= 11 is 0. The van der Waals surface area contributed by atoms with Gasteiger partial charge in [0.05, 0.1) is 6.54 Å². The number of hydrogen-bond acceptors (Lipinski definition) is 2. The fourth-order valence-corrected chi connectivity index (χ4v) is 1.99. The molecule has 0 amide bonds. The Morgan fingerprint density at radius 1 is 1.00 bits per heavy atom. The van der Waals surface area contributed by atoms with Crippen LogP contribution in [0.15, 0.2) is 53.5 Å². The summed E-state index contributed by atoms with van der Waals surface area (Å²) in [6, 6.07) is 16.7. The number of benzene rings is 2. The average Bonchev–Trinajstić information content (AvgIpc) is 2.39. The Kier molecular flexibility index (Phi) is 2.41. The summed E-state index contributed by atoms with van der Waals surface area (Å²) in [5.41, 5.74) is 4.83. The maximum atomic E-state index is 4.58. The van der Waals surface area contributed by atoms with E-state index in [2.05, 4.69) is 53.6 Å². The molecule has 2 nitrogen and oxygen atoms in total. The minimum atomic E-state index is 0.756. The molecule has 2 aromatic rings. The fourth-order valence-electron chi connectivity index (χ4n) is 1.99. The Balaban J connectivity index is 1.93. The first kappa shape index (κ1) is 10.1. The topological polar surface area (TPSA) is 24.4 Å². The van der Waals surface area contributed by atoms with Gasteiger partial charge in [0.15, 0.2) is 0 Å². The lowest BCUT2D eigenvalue weighted by atomic mass is 10.1. The molecule has 3 rings (SSSR count). The van der Waals surface area contributed by atoms with Crippen LogP contribution in [-0.4, -0.2) is 5.84 Å². The number of hydrogen-bond donors (Lipinski definition) is 1. The van der Waals surface area contributed by atoms with Gasteiger partial charge in [-0.25, -0.2) is 0 Å². The molecule has 2 aromatic carbocycles. The van der Waals surface area contributed by atoms with Gasteiger partial charge in [-0.15, -0.1) is 0 Å². The molecule has 1 aliphatic rings. The molecule has 1 N–H and O–H groups in total. The number of amidine groups is 1. The van der Waals surface area contributed by atoms with Gasteiger partial charge in [0.1, 0.15) is 5.84 Å². The minimum Gasteiger partial charge on any atom is -0.340 e. The van der Waals surface area contributed by atoms with Crippen molar-refractivity contribution in [3.05, 3.63) is 65.2 Å². The number of nitrogens with one attached hydrogen (secondary N) is 1. The summed E-state index contributed by atoms with van der Waals surface area (Å²) in [4.78, 5) is 4.58. The van der Waals surface area contributed by atoms with Crippen LogP contribution in [0.3, 0.4) is 0 Å². The molecule has 84 valence electrons. The number of aliphatic imine (C=N–C) groups is 1. The van der Waals surface area contributed by atoms with Crippen LogP contribution in [-0.2, 0) is 6.54 Å². The lowest BCUT2D eigenvalue weighted by Gasteiger charge is -2.18. The van der Waals surface area contributed by atoms with Crippen LogP contribution < -0.4 is 5.32 Å². The third-order valence-corrected chi connectivity index (χ3v) is 3.00. The molecular formula is C15H14N2. The molecular weight excluding hydrogens is 208 g/mol. The second-order valence-electron chi connectivity index (χ2n) is 4.31. The second-order valence-corrected chi connectivity index (χ2v) is 4.31. The van der Waals surface area contributed by atoms with Crippen LogP contribution in [0.1, 0.15) is 16.7 Å².